The molecular formula is C37H47N5O6. The van der Waals surface area contributed by atoms with Gasteiger partial charge in [-0.3, -0.25) is 19.4 Å². The summed E-state index contributed by atoms with van der Waals surface area (Å²) in [5.41, 5.74) is 2.89. The number of carbonyl (C=O) groups excluding carboxylic acids is 3. The number of nitrogens with zero attached hydrogens (tertiary/aromatic N) is 5. The van der Waals surface area contributed by atoms with Crippen molar-refractivity contribution in [3.05, 3.63) is 65.7 Å². The van der Waals surface area contributed by atoms with Crippen LogP contribution in [0.5, 0.6) is 11.5 Å². The van der Waals surface area contributed by atoms with Crippen molar-refractivity contribution >= 4 is 34.8 Å². The third-order valence-electron chi connectivity index (χ3n) is 10.3. The molecule has 6 rings (SSSR count). The molecule has 3 fully saturated rings. The number of hydrogen-bond acceptors (Lipinski definition) is 8. The van der Waals surface area contributed by atoms with Crippen LogP contribution in [-0.4, -0.2) is 123 Å². The van der Waals surface area contributed by atoms with Crippen LogP contribution in [-0.2, 0) is 20.7 Å². The Morgan fingerprint density at radius 3 is 2.46 bits per heavy atom. The zero-order valence-electron chi connectivity index (χ0n) is 28.2. The molecule has 3 aliphatic heterocycles. The van der Waals surface area contributed by atoms with E-state index >= 15 is 0 Å². The smallest absolute Gasteiger partial charge is 0.327 e. The van der Waals surface area contributed by atoms with Gasteiger partial charge in [0.05, 0.1) is 32.8 Å². The van der Waals surface area contributed by atoms with Crippen molar-refractivity contribution in [2.75, 3.05) is 85.1 Å². The minimum absolute atomic E-state index is 0.0174. The fourth-order valence-electron chi connectivity index (χ4n) is 7.69. The molecule has 3 aromatic carbocycles. The maximum Gasteiger partial charge on any atom is 0.327 e. The van der Waals surface area contributed by atoms with Gasteiger partial charge in [0.15, 0.2) is 11.5 Å². The quantitative estimate of drug-likeness (QED) is 0.345. The van der Waals surface area contributed by atoms with E-state index in [1.807, 2.05) is 42.1 Å². The first kappa shape index (κ1) is 33.5. The molecule has 4 amide bonds. The molecule has 48 heavy (non-hydrogen) atoms. The number of rotatable bonds is 9. The minimum Gasteiger partial charge on any atom is -0.504 e. The lowest BCUT2D eigenvalue weighted by molar-refractivity contribution is -0.129. The van der Waals surface area contributed by atoms with E-state index in [0.717, 1.165) is 47.1 Å². The monoisotopic (exact) mass is 657 g/mol. The van der Waals surface area contributed by atoms with Gasteiger partial charge in [-0.25, -0.2) is 4.79 Å². The van der Waals surface area contributed by atoms with Crippen LogP contribution >= 0.6 is 0 Å². The van der Waals surface area contributed by atoms with Crippen LogP contribution in [0.3, 0.4) is 0 Å². The van der Waals surface area contributed by atoms with Gasteiger partial charge >= 0.3 is 6.03 Å². The minimum atomic E-state index is -0.270. The van der Waals surface area contributed by atoms with Gasteiger partial charge in [0.25, 0.3) is 0 Å². The van der Waals surface area contributed by atoms with Gasteiger partial charge in [-0.05, 0) is 59.4 Å². The third kappa shape index (κ3) is 7.07. The molecule has 1 N–H and O–H groups in total. The fraction of sp³-hybridized carbons (Fsp3) is 0.486. The summed E-state index contributed by atoms with van der Waals surface area (Å²) >= 11 is 0. The van der Waals surface area contributed by atoms with E-state index in [4.69, 9.17) is 9.47 Å². The molecule has 256 valence electrons. The first-order valence-corrected chi connectivity index (χ1v) is 16.9. The number of anilines is 1. The van der Waals surface area contributed by atoms with Crippen molar-refractivity contribution < 1.29 is 29.0 Å². The number of amides is 4. The summed E-state index contributed by atoms with van der Waals surface area (Å²) in [6, 6.07) is 17.1. The predicted octanol–water partition coefficient (Wildman–Crippen LogP) is 3.98. The van der Waals surface area contributed by atoms with Crippen LogP contribution in [0.2, 0.25) is 0 Å². The average molecular weight is 658 g/mol. The fourth-order valence-corrected chi connectivity index (χ4v) is 7.69. The molecule has 3 aliphatic rings. The Hall–Kier alpha value is -4.35. The molecule has 0 radical (unpaired) electrons. The van der Waals surface area contributed by atoms with E-state index in [1.165, 1.54) is 12.0 Å². The van der Waals surface area contributed by atoms with Crippen LogP contribution in [0.25, 0.3) is 10.8 Å². The Bertz CT molecular complexity index is 1630. The van der Waals surface area contributed by atoms with Gasteiger partial charge < -0.3 is 29.3 Å². The number of phenolic OH excluding ortho intramolecular Hbond substituents is 1. The number of likely N-dealkylation sites (tertiary alicyclic amines) is 2. The van der Waals surface area contributed by atoms with E-state index in [1.54, 1.807) is 12.1 Å². The highest BCUT2D eigenvalue weighted by Gasteiger charge is 2.42. The number of carbonyl (C=O) groups is 3. The molecule has 11 nitrogen and oxygen atoms in total. The SMILES string of the molecule is COc1ccc(CC(=O)N2CC3CCN(C(=O)N(C=O)CCN4CCOCC4)[C@@H](c4ccc(N(C)C)c5ccccc45)C[C@@H]3C2)cc1O. The molecule has 3 aromatic rings. The molecule has 0 bridgehead atoms. The number of methoxy groups -OCH3 is 1. The molecule has 3 atom stereocenters. The second-order valence-corrected chi connectivity index (χ2v) is 13.4. The molecule has 3 heterocycles. The molecule has 11 heteroatoms. The summed E-state index contributed by atoms with van der Waals surface area (Å²) in [6.45, 7) is 5.54. The Balaban J connectivity index is 1.27. The van der Waals surface area contributed by atoms with E-state index < -0.39 is 0 Å². The molecule has 1 unspecified atom stereocenters. The van der Waals surface area contributed by atoms with Gasteiger partial charge in [0, 0.05) is 71.0 Å². The highest BCUT2D eigenvalue weighted by Crippen LogP contribution is 2.43. The number of aromatic hydroxyl groups is 1. The number of phenols is 1. The highest BCUT2D eigenvalue weighted by atomic mass is 16.5. The van der Waals surface area contributed by atoms with Crippen molar-refractivity contribution in [3.8, 4) is 11.5 Å². The molecule has 0 aromatic heterocycles. The van der Waals surface area contributed by atoms with Crippen LogP contribution in [0, 0.1) is 11.8 Å². The van der Waals surface area contributed by atoms with E-state index in [-0.39, 0.29) is 42.0 Å². The van der Waals surface area contributed by atoms with Crippen molar-refractivity contribution in [1.82, 2.24) is 19.6 Å². The van der Waals surface area contributed by atoms with Crippen LogP contribution < -0.4 is 9.64 Å². The number of urea groups is 1. The second-order valence-electron chi connectivity index (χ2n) is 13.4. The number of morpholine rings is 1. The lowest BCUT2D eigenvalue weighted by Crippen LogP contribution is -2.48. The topological polar surface area (TPSA) is 106 Å². The van der Waals surface area contributed by atoms with E-state index in [0.29, 0.717) is 64.5 Å². The van der Waals surface area contributed by atoms with Crippen LogP contribution in [0.1, 0.15) is 30.0 Å². The highest BCUT2D eigenvalue weighted by molar-refractivity contribution is 5.97. The van der Waals surface area contributed by atoms with Crippen molar-refractivity contribution in [3.63, 3.8) is 0 Å². The Morgan fingerprint density at radius 2 is 1.75 bits per heavy atom. The maximum absolute atomic E-state index is 14.3. The summed E-state index contributed by atoms with van der Waals surface area (Å²) in [6.07, 6.45) is 2.30. The Morgan fingerprint density at radius 1 is 1.00 bits per heavy atom. The first-order valence-electron chi connectivity index (χ1n) is 16.9. The lowest BCUT2D eigenvalue weighted by atomic mass is 9.86. The molecule has 0 saturated carbocycles. The summed E-state index contributed by atoms with van der Waals surface area (Å²) in [5.74, 6) is 0.826. The van der Waals surface area contributed by atoms with Gasteiger partial charge in [0.2, 0.25) is 12.3 Å². The van der Waals surface area contributed by atoms with Crippen LogP contribution in [0.4, 0.5) is 10.5 Å². The molecular weight excluding hydrogens is 610 g/mol. The lowest BCUT2D eigenvalue weighted by Gasteiger charge is -2.36. The summed E-state index contributed by atoms with van der Waals surface area (Å²) in [4.78, 5) is 49.7. The largest absolute Gasteiger partial charge is 0.504 e. The molecule has 0 spiro atoms. The third-order valence-corrected chi connectivity index (χ3v) is 10.3. The van der Waals surface area contributed by atoms with Crippen molar-refractivity contribution in [2.45, 2.75) is 25.3 Å². The number of ether oxygens (including phenoxy) is 2. The zero-order valence-corrected chi connectivity index (χ0v) is 28.2. The predicted molar refractivity (Wildman–Crippen MR) is 184 cm³/mol. The molecule has 0 aliphatic carbocycles. The maximum atomic E-state index is 14.3. The average Bonchev–Trinajstić information content (AvgIpc) is 3.42. The van der Waals surface area contributed by atoms with Gasteiger partial charge in [-0.15, -0.1) is 0 Å². The van der Waals surface area contributed by atoms with E-state index in [9.17, 15) is 19.5 Å². The summed E-state index contributed by atoms with van der Waals surface area (Å²) < 4.78 is 10.6. The van der Waals surface area contributed by atoms with Gasteiger partial charge in [-0.2, -0.15) is 0 Å². The Labute approximate surface area is 282 Å². The standard InChI is InChI=1S/C37H47N5O6/c1-38(2)32-10-9-31(29-6-4-5-7-30(29)32)33-22-28-24-41(36(45)21-26-8-11-35(47-3)34(44)20-26)23-27(28)12-13-42(33)37(46)40(25-43)15-14-39-16-18-48-19-17-39/h4-11,20,25,27-28,33,44H,12-19,21-24H2,1-3H3/t27?,28-,33-/m1/s1. The number of imide groups is 1. The number of fused-ring (bicyclic) bond motifs is 2. The van der Waals surface area contributed by atoms with E-state index in [2.05, 4.69) is 34.1 Å². The van der Waals surface area contributed by atoms with Crippen molar-refractivity contribution in [2.24, 2.45) is 11.8 Å². The van der Waals surface area contributed by atoms with Crippen molar-refractivity contribution in [1.29, 1.82) is 0 Å². The Kier molecular flexibility index (Phi) is 10.4. The van der Waals surface area contributed by atoms with Gasteiger partial charge in [-0.1, -0.05) is 36.4 Å². The molecule has 3 saturated heterocycles. The number of hydrogen-bond donors (Lipinski definition) is 1. The number of benzene rings is 3. The second kappa shape index (κ2) is 14.8. The van der Waals surface area contributed by atoms with Gasteiger partial charge in [0.1, 0.15) is 0 Å². The normalized spacial score (nSPS) is 21.4. The first-order chi connectivity index (χ1) is 23.3. The van der Waals surface area contributed by atoms with Crippen LogP contribution in [0.15, 0.2) is 54.6 Å². The zero-order chi connectivity index (χ0) is 33.8. The summed E-state index contributed by atoms with van der Waals surface area (Å²) in [7, 11) is 5.56. The summed E-state index contributed by atoms with van der Waals surface area (Å²) in [5, 5.41) is 12.4.